The molecule has 0 fully saturated rings. The first-order valence-corrected chi connectivity index (χ1v) is 26.1. The van der Waals surface area contributed by atoms with Crippen LogP contribution in [-0.2, 0) is 0 Å². The molecular weight excluding hydrogens is 941 g/mol. The molecule has 77 heavy (non-hydrogen) atoms. The third-order valence-corrected chi connectivity index (χ3v) is 15.6. The van der Waals surface area contributed by atoms with Crippen LogP contribution in [0.15, 0.2) is 276 Å². The van der Waals surface area contributed by atoms with Gasteiger partial charge in [-0.1, -0.05) is 176 Å². The van der Waals surface area contributed by atoms with E-state index in [-0.39, 0.29) is 0 Å². The van der Waals surface area contributed by atoms with E-state index in [1.165, 1.54) is 27.1 Å². The summed E-state index contributed by atoms with van der Waals surface area (Å²) in [6.07, 6.45) is 0. The molecule has 2 aromatic heterocycles. The minimum atomic E-state index is 0.794. The fraction of sp³-hybridized carbons (Fsp3) is 0. The van der Waals surface area contributed by atoms with Crippen LogP contribution < -0.4 is 14.5 Å². The van der Waals surface area contributed by atoms with Crippen LogP contribution >= 0.6 is 0 Å². The largest absolute Gasteiger partial charge is 0.456 e. The Morgan fingerprint density at radius 1 is 0.247 bits per heavy atom. The van der Waals surface area contributed by atoms with Gasteiger partial charge in [-0.3, -0.25) is 0 Å². The van der Waals surface area contributed by atoms with Gasteiger partial charge in [-0.25, -0.2) is 0 Å². The predicted molar refractivity (Wildman–Crippen MR) is 319 cm³/mol. The molecule has 0 saturated carbocycles. The van der Waals surface area contributed by atoms with Crippen molar-refractivity contribution in [3.05, 3.63) is 267 Å². The first-order valence-electron chi connectivity index (χ1n) is 26.1. The van der Waals surface area contributed by atoms with Crippen LogP contribution in [0.25, 0.3) is 110 Å². The second-order valence-corrected chi connectivity index (χ2v) is 19.9. The van der Waals surface area contributed by atoms with Crippen LogP contribution in [0.3, 0.4) is 0 Å². The first-order chi connectivity index (χ1) is 38.2. The standard InChI is InChI=1S/C72H44N2O3/c1-3-18-45(19-4-1)50-22-9-12-30-63(50)74(65-32-16-29-58-54-26-11-14-34-67(54)77-72(58)65)49-40-41-55-62-44-60-52-24-8-7-23-51(52)59(43-61(60)56-27-17-35-68(70(56)62)75-69(55)42-49)46-36-38-48(39-37-46)73(47-20-5-2-6-21-47)64-31-15-28-57-53-25-10-13-33-66(53)76-71(57)64/h1-44H. The highest BCUT2D eigenvalue weighted by Gasteiger charge is 2.28. The summed E-state index contributed by atoms with van der Waals surface area (Å²) >= 11 is 0. The van der Waals surface area contributed by atoms with Gasteiger partial charge in [-0.15, -0.1) is 0 Å². The number of rotatable bonds is 8. The number of fused-ring (bicyclic) bond motifs is 12. The van der Waals surface area contributed by atoms with E-state index < -0.39 is 0 Å². The molecule has 0 unspecified atom stereocenters. The number of ether oxygens (including phenoxy) is 1. The van der Waals surface area contributed by atoms with E-state index in [0.717, 1.165) is 128 Å². The van der Waals surface area contributed by atoms with E-state index in [9.17, 15) is 0 Å². The van der Waals surface area contributed by atoms with Crippen LogP contribution in [-0.4, -0.2) is 0 Å². The number of para-hydroxylation sites is 6. The van der Waals surface area contributed by atoms with Crippen molar-refractivity contribution in [1.82, 2.24) is 0 Å². The summed E-state index contributed by atoms with van der Waals surface area (Å²) in [4.78, 5) is 4.63. The molecule has 0 N–H and O–H groups in total. The van der Waals surface area contributed by atoms with E-state index in [1.54, 1.807) is 0 Å². The van der Waals surface area contributed by atoms with E-state index in [0.29, 0.717) is 0 Å². The maximum atomic E-state index is 7.10. The third kappa shape index (κ3) is 6.74. The van der Waals surface area contributed by atoms with Gasteiger partial charge >= 0.3 is 0 Å². The number of anilines is 6. The van der Waals surface area contributed by atoms with Crippen LogP contribution in [0.1, 0.15) is 0 Å². The van der Waals surface area contributed by atoms with Gasteiger partial charge in [0.05, 0.1) is 22.7 Å². The quantitative estimate of drug-likeness (QED) is 0.142. The molecule has 15 aromatic rings. The Morgan fingerprint density at radius 2 is 0.753 bits per heavy atom. The maximum absolute atomic E-state index is 7.10. The van der Waals surface area contributed by atoms with Crippen molar-refractivity contribution in [2.75, 3.05) is 9.80 Å². The molecule has 0 bridgehead atoms. The molecule has 5 nitrogen and oxygen atoms in total. The Hall–Kier alpha value is -10.4. The third-order valence-electron chi connectivity index (χ3n) is 15.6. The van der Waals surface area contributed by atoms with E-state index in [2.05, 4.69) is 252 Å². The lowest BCUT2D eigenvalue weighted by atomic mass is 9.86. The molecule has 0 saturated heterocycles. The number of hydrogen-bond acceptors (Lipinski definition) is 5. The minimum absolute atomic E-state index is 0.794. The molecule has 0 radical (unpaired) electrons. The number of benzene rings is 13. The zero-order valence-corrected chi connectivity index (χ0v) is 41.5. The van der Waals surface area contributed by atoms with Gasteiger partial charge in [0.15, 0.2) is 11.2 Å². The van der Waals surface area contributed by atoms with Crippen molar-refractivity contribution in [3.8, 4) is 44.9 Å². The average Bonchev–Trinajstić information content (AvgIpc) is 4.13. The number of hydrogen-bond donors (Lipinski definition) is 0. The lowest BCUT2D eigenvalue weighted by Crippen LogP contribution is -2.12. The van der Waals surface area contributed by atoms with Crippen molar-refractivity contribution < 1.29 is 13.6 Å². The van der Waals surface area contributed by atoms with Gasteiger partial charge in [-0.05, 0) is 134 Å². The van der Waals surface area contributed by atoms with Gasteiger partial charge in [0.1, 0.15) is 22.7 Å². The van der Waals surface area contributed by atoms with Gasteiger partial charge in [0, 0.05) is 55.5 Å². The van der Waals surface area contributed by atoms with Gasteiger partial charge in [0.25, 0.3) is 0 Å². The maximum Gasteiger partial charge on any atom is 0.159 e. The zero-order chi connectivity index (χ0) is 50.6. The molecule has 1 aliphatic heterocycles. The summed E-state index contributed by atoms with van der Waals surface area (Å²) in [6, 6.07) is 94.9. The predicted octanol–water partition coefficient (Wildman–Crippen LogP) is 21.0. The molecular formula is C72H44N2O3. The lowest BCUT2D eigenvalue weighted by Gasteiger charge is -2.30. The second-order valence-electron chi connectivity index (χ2n) is 19.9. The zero-order valence-electron chi connectivity index (χ0n) is 41.5. The van der Waals surface area contributed by atoms with Crippen LogP contribution in [0.4, 0.5) is 34.1 Å². The minimum Gasteiger partial charge on any atom is -0.456 e. The Morgan fingerprint density at radius 3 is 1.48 bits per heavy atom. The summed E-state index contributed by atoms with van der Waals surface area (Å²) in [5.41, 5.74) is 16.1. The summed E-state index contributed by atoms with van der Waals surface area (Å²) in [5.74, 6) is 1.63. The van der Waals surface area contributed by atoms with Crippen molar-refractivity contribution >= 4 is 110 Å². The Bertz CT molecular complexity index is 4850. The highest BCUT2D eigenvalue weighted by molar-refractivity contribution is 6.25. The molecule has 3 heterocycles. The topological polar surface area (TPSA) is 42.0 Å². The van der Waals surface area contributed by atoms with Gasteiger partial charge < -0.3 is 23.4 Å². The fourth-order valence-corrected chi connectivity index (χ4v) is 12.2. The van der Waals surface area contributed by atoms with Crippen molar-refractivity contribution in [2.24, 2.45) is 0 Å². The van der Waals surface area contributed by atoms with Gasteiger partial charge in [-0.2, -0.15) is 0 Å². The first kappa shape index (κ1) is 43.1. The molecule has 5 heteroatoms. The normalized spacial score (nSPS) is 12.0. The number of nitrogens with zero attached hydrogens (tertiary/aromatic N) is 2. The smallest absolute Gasteiger partial charge is 0.159 e. The SMILES string of the molecule is c1ccc(-c2ccccc2N(c2ccc3c(c2)Oc2cccc4c2c-3cc2c3ccccc3c(-c3ccc(N(c5ccccc5)c5cccc6c5oc5ccccc56)cc3)cc42)c2cccc3c2oc2ccccc23)cc1. The highest BCUT2D eigenvalue weighted by atomic mass is 16.5. The Balaban J connectivity index is 0.840. The molecule has 13 aromatic carbocycles. The van der Waals surface area contributed by atoms with E-state index >= 15 is 0 Å². The molecule has 360 valence electrons. The Labute approximate surface area is 443 Å². The van der Waals surface area contributed by atoms with Crippen LogP contribution in [0.2, 0.25) is 0 Å². The van der Waals surface area contributed by atoms with Crippen molar-refractivity contribution in [3.63, 3.8) is 0 Å². The average molecular weight is 985 g/mol. The van der Waals surface area contributed by atoms with Crippen LogP contribution in [0, 0.1) is 0 Å². The molecule has 0 atom stereocenters. The van der Waals surface area contributed by atoms with Crippen molar-refractivity contribution in [1.29, 1.82) is 0 Å². The van der Waals surface area contributed by atoms with Crippen molar-refractivity contribution in [2.45, 2.75) is 0 Å². The molecule has 1 aliphatic rings. The second kappa shape index (κ2) is 17.1. The molecule has 16 rings (SSSR count). The summed E-state index contributed by atoms with van der Waals surface area (Å²) in [6.45, 7) is 0. The highest BCUT2D eigenvalue weighted by Crippen LogP contribution is 2.54. The molecule has 0 spiro atoms. The van der Waals surface area contributed by atoms with E-state index in [4.69, 9.17) is 13.6 Å². The molecule has 0 amide bonds. The lowest BCUT2D eigenvalue weighted by molar-refractivity contribution is 0.487. The van der Waals surface area contributed by atoms with Gasteiger partial charge in [0.2, 0.25) is 0 Å². The summed E-state index contributed by atoms with van der Waals surface area (Å²) in [5, 5.41) is 11.4. The Kier molecular flexibility index (Phi) is 9.57. The number of furan rings is 2. The van der Waals surface area contributed by atoms with E-state index in [1.807, 2.05) is 24.3 Å². The summed E-state index contributed by atoms with van der Waals surface area (Å²) < 4.78 is 20.5. The summed E-state index contributed by atoms with van der Waals surface area (Å²) in [7, 11) is 0. The fourth-order valence-electron chi connectivity index (χ4n) is 12.2. The monoisotopic (exact) mass is 984 g/mol. The van der Waals surface area contributed by atoms with Crippen LogP contribution in [0.5, 0.6) is 11.5 Å². The molecule has 0 aliphatic carbocycles.